The first-order valence-corrected chi connectivity index (χ1v) is 8.26. The molecule has 0 bridgehead atoms. The number of nitrogens with two attached hydrogens (primary N) is 1. The van der Waals surface area contributed by atoms with E-state index in [0.717, 1.165) is 18.7 Å². The minimum absolute atomic E-state index is 0.0898. The minimum atomic E-state index is -0.302. The molecule has 2 aliphatic rings. The van der Waals surface area contributed by atoms with Crippen molar-refractivity contribution in [3.05, 3.63) is 29.8 Å². The molecule has 2 heterocycles. The highest BCUT2D eigenvalue weighted by Gasteiger charge is 2.36. The first-order chi connectivity index (χ1) is 10.2. The maximum Gasteiger partial charge on any atom is 0.141 e. The van der Waals surface area contributed by atoms with Crippen molar-refractivity contribution in [3.8, 4) is 0 Å². The maximum atomic E-state index is 12.9. The van der Waals surface area contributed by atoms with Crippen LogP contribution in [0.3, 0.4) is 0 Å². The molecule has 2 fully saturated rings. The van der Waals surface area contributed by atoms with Crippen LogP contribution in [0.4, 0.5) is 4.39 Å². The Morgan fingerprint density at radius 3 is 2.52 bits per heavy atom. The van der Waals surface area contributed by atoms with E-state index in [2.05, 4.69) is 9.88 Å². The predicted molar refractivity (Wildman–Crippen MR) is 82.3 cm³/mol. The molecule has 1 saturated heterocycles. The minimum Gasteiger partial charge on any atom is -0.323 e. The molecule has 0 aromatic carbocycles. The first kappa shape index (κ1) is 14.9. The van der Waals surface area contributed by atoms with Crippen molar-refractivity contribution < 1.29 is 4.39 Å². The highest BCUT2D eigenvalue weighted by Crippen LogP contribution is 2.46. The van der Waals surface area contributed by atoms with E-state index in [1.54, 1.807) is 6.07 Å². The predicted octanol–water partition coefficient (Wildman–Crippen LogP) is 3.27. The number of rotatable bonds is 4. The van der Waals surface area contributed by atoms with Gasteiger partial charge >= 0.3 is 0 Å². The molecule has 0 amide bonds. The molecule has 3 rings (SSSR count). The average Bonchev–Trinajstić information content (AvgIpc) is 2.95. The van der Waals surface area contributed by atoms with E-state index < -0.39 is 0 Å². The zero-order valence-electron chi connectivity index (χ0n) is 12.7. The highest BCUT2D eigenvalue weighted by atomic mass is 19.1. The molecule has 1 aliphatic heterocycles. The Labute approximate surface area is 126 Å². The van der Waals surface area contributed by atoms with Crippen LogP contribution in [0.2, 0.25) is 0 Å². The van der Waals surface area contributed by atoms with Crippen LogP contribution in [-0.4, -0.2) is 29.5 Å². The van der Waals surface area contributed by atoms with E-state index in [0.29, 0.717) is 5.41 Å². The van der Waals surface area contributed by atoms with E-state index in [1.807, 2.05) is 0 Å². The Morgan fingerprint density at radius 1 is 1.19 bits per heavy atom. The quantitative estimate of drug-likeness (QED) is 0.926. The lowest BCUT2D eigenvalue weighted by atomic mass is 9.77. The van der Waals surface area contributed by atoms with Crippen LogP contribution < -0.4 is 5.73 Å². The van der Waals surface area contributed by atoms with Gasteiger partial charge in [0, 0.05) is 6.04 Å². The summed E-state index contributed by atoms with van der Waals surface area (Å²) in [5.74, 6) is -0.302. The van der Waals surface area contributed by atoms with Gasteiger partial charge in [0.2, 0.25) is 0 Å². The molecule has 2 N–H and O–H groups in total. The summed E-state index contributed by atoms with van der Waals surface area (Å²) in [5, 5.41) is 0. The summed E-state index contributed by atoms with van der Waals surface area (Å²) in [4.78, 5) is 6.62. The van der Waals surface area contributed by atoms with Crippen LogP contribution in [0.25, 0.3) is 0 Å². The van der Waals surface area contributed by atoms with Crippen molar-refractivity contribution in [1.29, 1.82) is 0 Å². The Bertz CT molecular complexity index is 444. The number of halogens is 1. The monoisotopic (exact) mass is 291 g/mol. The van der Waals surface area contributed by atoms with E-state index in [1.165, 1.54) is 63.9 Å². The van der Waals surface area contributed by atoms with Crippen LogP contribution >= 0.6 is 0 Å². The fraction of sp³-hybridized carbons (Fsp3) is 0.706. The molecule has 21 heavy (non-hydrogen) atoms. The lowest BCUT2D eigenvalue weighted by Crippen LogP contribution is -2.39. The molecule has 4 heteroatoms. The zero-order chi connectivity index (χ0) is 14.7. The summed E-state index contributed by atoms with van der Waals surface area (Å²) < 4.78 is 12.9. The molecule has 1 unspecified atom stereocenters. The molecule has 1 saturated carbocycles. The van der Waals surface area contributed by atoms with Gasteiger partial charge in [-0.1, -0.05) is 12.8 Å². The molecule has 1 atom stereocenters. The van der Waals surface area contributed by atoms with Crippen molar-refractivity contribution in [2.24, 2.45) is 11.1 Å². The van der Waals surface area contributed by atoms with E-state index in [9.17, 15) is 4.39 Å². The molecule has 1 spiro atoms. The summed E-state index contributed by atoms with van der Waals surface area (Å²) in [6.45, 7) is 3.45. The molecular formula is C17H26FN3. The van der Waals surface area contributed by atoms with E-state index >= 15 is 0 Å². The Morgan fingerprint density at radius 2 is 1.90 bits per heavy atom. The second-order valence-electron chi connectivity index (χ2n) is 6.85. The van der Waals surface area contributed by atoms with Crippen molar-refractivity contribution in [2.45, 2.75) is 51.0 Å². The third-order valence-electron chi connectivity index (χ3n) is 5.47. The van der Waals surface area contributed by atoms with Crippen molar-refractivity contribution in [2.75, 3.05) is 19.6 Å². The summed E-state index contributed by atoms with van der Waals surface area (Å²) in [6, 6.07) is 3.05. The second kappa shape index (κ2) is 6.41. The largest absolute Gasteiger partial charge is 0.323 e. The van der Waals surface area contributed by atoms with Crippen LogP contribution in [0.1, 0.15) is 56.7 Å². The fourth-order valence-corrected chi connectivity index (χ4v) is 3.95. The normalized spacial score (nSPS) is 23.5. The average molecular weight is 291 g/mol. The number of nitrogens with zero attached hydrogens (tertiary/aromatic N) is 2. The lowest BCUT2D eigenvalue weighted by molar-refractivity contribution is 0.106. The van der Waals surface area contributed by atoms with Crippen molar-refractivity contribution in [3.63, 3.8) is 0 Å². The standard InChI is InChI=1S/C17H26FN3/c18-14-3-4-16(20-13-14)15(19)5-10-21-11-8-17(9-12-21)6-1-2-7-17/h3-4,13,15H,1-2,5-12,19H2. The summed E-state index contributed by atoms with van der Waals surface area (Å²) in [7, 11) is 0. The fourth-order valence-electron chi connectivity index (χ4n) is 3.95. The van der Waals surface area contributed by atoms with Gasteiger partial charge in [0.05, 0.1) is 11.9 Å². The number of pyridine rings is 1. The summed E-state index contributed by atoms with van der Waals surface area (Å²) in [5.41, 5.74) is 7.64. The second-order valence-corrected chi connectivity index (χ2v) is 6.85. The third kappa shape index (κ3) is 3.61. The van der Waals surface area contributed by atoms with Gasteiger partial charge in [-0.25, -0.2) is 4.39 Å². The number of likely N-dealkylation sites (tertiary alicyclic amines) is 1. The van der Waals surface area contributed by atoms with Gasteiger partial charge in [0.15, 0.2) is 0 Å². The molecule has 116 valence electrons. The van der Waals surface area contributed by atoms with Gasteiger partial charge in [-0.3, -0.25) is 4.98 Å². The van der Waals surface area contributed by atoms with E-state index in [-0.39, 0.29) is 11.9 Å². The van der Waals surface area contributed by atoms with Gasteiger partial charge in [-0.15, -0.1) is 0 Å². The lowest BCUT2D eigenvalue weighted by Gasteiger charge is -2.39. The number of aromatic nitrogens is 1. The first-order valence-electron chi connectivity index (χ1n) is 8.26. The molecule has 1 aromatic heterocycles. The summed E-state index contributed by atoms with van der Waals surface area (Å²) in [6.07, 6.45) is 10.6. The Kier molecular flexibility index (Phi) is 4.55. The molecule has 1 aliphatic carbocycles. The Hall–Kier alpha value is -1.00. The smallest absolute Gasteiger partial charge is 0.141 e. The number of hydrogen-bond acceptors (Lipinski definition) is 3. The van der Waals surface area contributed by atoms with Crippen molar-refractivity contribution >= 4 is 0 Å². The summed E-state index contributed by atoms with van der Waals surface area (Å²) >= 11 is 0. The SMILES string of the molecule is NC(CCN1CCC2(CCCC2)CC1)c1ccc(F)cn1. The Balaban J connectivity index is 1.44. The van der Waals surface area contributed by atoms with Crippen LogP contribution in [0, 0.1) is 11.2 Å². The van der Waals surface area contributed by atoms with Gasteiger partial charge in [-0.05, 0) is 69.3 Å². The zero-order valence-corrected chi connectivity index (χ0v) is 12.7. The third-order valence-corrected chi connectivity index (χ3v) is 5.47. The van der Waals surface area contributed by atoms with Crippen LogP contribution in [0.5, 0.6) is 0 Å². The topological polar surface area (TPSA) is 42.1 Å². The van der Waals surface area contributed by atoms with Gasteiger partial charge < -0.3 is 10.6 Å². The highest BCUT2D eigenvalue weighted by molar-refractivity contribution is 5.09. The molecule has 1 aromatic rings. The van der Waals surface area contributed by atoms with Crippen molar-refractivity contribution in [1.82, 2.24) is 9.88 Å². The van der Waals surface area contributed by atoms with E-state index in [4.69, 9.17) is 5.73 Å². The van der Waals surface area contributed by atoms with Crippen LogP contribution in [-0.2, 0) is 0 Å². The number of hydrogen-bond donors (Lipinski definition) is 1. The van der Waals surface area contributed by atoms with Gasteiger partial charge in [0.1, 0.15) is 5.82 Å². The van der Waals surface area contributed by atoms with Crippen LogP contribution in [0.15, 0.2) is 18.3 Å². The molecule has 0 radical (unpaired) electrons. The van der Waals surface area contributed by atoms with Gasteiger partial charge in [-0.2, -0.15) is 0 Å². The molecular weight excluding hydrogens is 265 g/mol. The molecule has 3 nitrogen and oxygen atoms in total. The number of piperidine rings is 1. The van der Waals surface area contributed by atoms with Gasteiger partial charge in [0.25, 0.3) is 0 Å². The maximum absolute atomic E-state index is 12.9.